The summed E-state index contributed by atoms with van der Waals surface area (Å²) in [4.78, 5) is 0. The summed E-state index contributed by atoms with van der Waals surface area (Å²) in [6, 6.07) is 12.4. The molecule has 1 aliphatic heterocycles. The largest absolute Gasteiger partial charge is 0.308 e. The molecule has 1 aliphatic rings. The van der Waals surface area contributed by atoms with Gasteiger partial charge in [0.05, 0.1) is 0 Å². The molecule has 0 bridgehead atoms. The number of nitrogens with one attached hydrogen (secondary N) is 1. The molecular weight excluding hydrogens is 194 g/mol. The quantitative estimate of drug-likeness (QED) is 0.547. The SMILES string of the molecule is CCCCCCC1NC1Cc1ccccc1. The van der Waals surface area contributed by atoms with Crippen molar-refractivity contribution in [3.05, 3.63) is 35.9 Å². The van der Waals surface area contributed by atoms with Crippen molar-refractivity contribution in [3.63, 3.8) is 0 Å². The molecule has 0 aromatic heterocycles. The molecule has 16 heavy (non-hydrogen) atoms. The molecule has 0 saturated carbocycles. The lowest BCUT2D eigenvalue weighted by Gasteiger charge is -1.99. The summed E-state index contributed by atoms with van der Waals surface area (Å²) in [5.74, 6) is 0. The number of unbranched alkanes of at least 4 members (excludes halogenated alkanes) is 3. The summed E-state index contributed by atoms with van der Waals surface area (Å²) in [6.45, 7) is 2.27. The molecule has 0 radical (unpaired) electrons. The van der Waals surface area contributed by atoms with Gasteiger partial charge in [-0.25, -0.2) is 0 Å². The molecule has 88 valence electrons. The summed E-state index contributed by atoms with van der Waals surface area (Å²) >= 11 is 0. The van der Waals surface area contributed by atoms with Crippen LogP contribution in [0.1, 0.15) is 44.6 Å². The first-order valence-corrected chi connectivity index (χ1v) is 6.70. The van der Waals surface area contributed by atoms with Crippen LogP contribution in [0.25, 0.3) is 0 Å². The third-order valence-electron chi connectivity index (χ3n) is 3.47. The minimum Gasteiger partial charge on any atom is -0.308 e. The highest BCUT2D eigenvalue weighted by Gasteiger charge is 2.34. The van der Waals surface area contributed by atoms with Crippen molar-refractivity contribution in [1.29, 1.82) is 0 Å². The number of hydrogen-bond donors (Lipinski definition) is 1. The van der Waals surface area contributed by atoms with Crippen LogP contribution in [0.15, 0.2) is 30.3 Å². The zero-order valence-electron chi connectivity index (χ0n) is 10.3. The van der Waals surface area contributed by atoms with Gasteiger partial charge in [0.25, 0.3) is 0 Å². The van der Waals surface area contributed by atoms with Crippen LogP contribution >= 0.6 is 0 Å². The Balaban J connectivity index is 1.61. The van der Waals surface area contributed by atoms with E-state index in [0.717, 1.165) is 12.1 Å². The molecule has 0 aliphatic carbocycles. The number of rotatable bonds is 7. The van der Waals surface area contributed by atoms with E-state index in [4.69, 9.17) is 0 Å². The highest BCUT2D eigenvalue weighted by Crippen LogP contribution is 2.22. The Morgan fingerprint density at radius 1 is 1.00 bits per heavy atom. The van der Waals surface area contributed by atoms with Gasteiger partial charge in [-0.05, 0) is 18.4 Å². The number of benzene rings is 1. The maximum Gasteiger partial charge on any atom is 0.0264 e. The molecule has 1 nitrogen and oxygen atoms in total. The van der Waals surface area contributed by atoms with E-state index in [2.05, 4.69) is 42.6 Å². The summed E-state index contributed by atoms with van der Waals surface area (Å²) < 4.78 is 0. The molecule has 1 aromatic carbocycles. The second kappa shape index (κ2) is 6.05. The van der Waals surface area contributed by atoms with Crippen LogP contribution < -0.4 is 5.32 Å². The van der Waals surface area contributed by atoms with Gasteiger partial charge in [-0.1, -0.05) is 62.9 Å². The lowest BCUT2D eigenvalue weighted by atomic mass is 10.0. The molecule has 1 heteroatoms. The van der Waals surface area contributed by atoms with E-state index in [1.54, 1.807) is 0 Å². The Kier molecular flexibility index (Phi) is 4.41. The summed E-state index contributed by atoms with van der Waals surface area (Å²) in [5.41, 5.74) is 1.47. The van der Waals surface area contributed by atoms with Gasteiger partial charge in [0.2, 0.25) is 0 Å². The van der Waals surface area contributed by atoms with Gasteiger partial charge < -0.3 is 5.32 Å². The molecule has 0 spiro atoms. The van der Waals surface area contributed by atoms with Gasteiger partial charge >= 0.3 is 0 Å². The van der Waals surface area contributed by atoms with Gasteiger partial charge in [-0.3, -0.25) is 0 Å². The molecule has 2 rings (SSSR count). The molecule has 1 heterocycles. The summed E-state index contributed by atoms with van der Waals surface area (Å²) in [7, 11) is 0. The van der Waals surface area contributed by atoms with E-state index in [1.807, 2.05) is 0 Å². The van der Waals surface area contributed by atoms with Gasteiger partial charge in [0.15, 0.2) is 0 Å². The van der Waals surface area contributed by atoms with Gasteiger partial charge in [-0.15, -0.1) is 0 Å². The Morgan fingerprint density at radius 2 is 1.81 bits per heavy atom. The van der Waals surface area contributed by atoms with Crippen molar-refractivity contribution in [2.45, 2.75) is 57.5 Å². The monoisotopic (exact) mass is 217 g/mol. The van der Waals surface area contributed by atoms with Crippen LogP contribution in [0, 0.1) is 0 Å². The third kappa shape index (κ3) is 3.64. The third-order valence-corrected chi connectivity index (χ3v) is 3.47. The molecule has 2 atom stereocenters. The Morgan fingerprint density at radius 3 is 2.56 bits per heavy atom. The topological polar surface area (TPSA) is 21.9 Å². The first-order chi connectivity index (χ1) is 7.90. The number of hydrogen-bond acceptors (Lipinski definition) is 1. The predicted molar refractivity (Wildman–Crippen MR) is 69.6 cm³/mol. The Labute approximate surface area is 99.3 Å². The fraction of sp³-hybridized carbons (Fsp3) is 0.600. The van der Waals surface area contributed by atoms with Gasteiger partial charge in [0, 0.05) is 12.1 Å². The van der Waals surface area contributed by atoms with Crippen molar-refractivity contribution in [3.8, 4) is 0 Å². The van der Waals surface area contributed by atoms with Crippen LogP contribution in [0.4, 0.5) is 0 Å². The first kappa shape index (κ1) is 11.7. The van der Waals surface area contributed by atoms with E-state index in [0.29, 0.717) is 0 Å². The Hall–Kier alpha value is -0.820. The lowest BCUT2D eigenvalue weighted by molar-refractivity contribution is 0.620. The van der Waals surface area contributed by atoms with Crippen molar-refractivity contribution in [1.82, 2.24) is 5.32 Å². The molecular formula is C15H23N. The van der Waals surface area contributed by atoms with Crippen molar-refractivity contribution in [2.24, 2.45) is 0 Å². The Bertz CT molecular complexity index is 294. The average Bonchev–Trinajstić information content (AvgIpc) is 3.04. The predicted octanol–water partition coefficient (Wildman–Crippen LogP) is 3.54. The zero-order valence-corrected chi connectivity index (χ0v) is 10.3. The first-order valence-electron chi connectivity index (χ1n) is 6.70. The smallest absolute Gasteiger partial charge is 0.0264 e. The van der Waals surface area contributed by atoms with Gasteiger partial charge in [0.1, 0.15) is 0 Å². The van der Waals surface area contributed by atoms with Gasteiger partial charge in [-0.2, -0.15) is 0 Å². The molecule has 1 aromatic rings. The van der Waals surface area contributed by atoms with Crippen LogP contribution in [-0.4, -0.2) is 12.1 Å². The van der Waals surface area contributed by atoms with Crippen LogP contribution in [-0.2, 0) is 6.42 Å². The van der Waals surface area contributed by atoms with E-state index in [-0.39, 0.29) is 0 Å². The van der Waals surface area contributed by atoms with E-state index >= 15 is 0 Å². The second-order valence-electron chi connectivity index (χ2n) is 4.92. The van der Waals surface area contributed by atoms with Crippen molar-refractivity contribution in [2.75, 3.05) is 0 Å². The molecule has 1 fully saturated rings. The van der Waals surface area contributed by atoms with E-state index in [9.17, 15) is 0 Å². The average molecular weight is 217 g/mol. The maximum atomic E-state index is 3.59. The molecule has 1 saturated heterocycles. The highest BCUT2D eigenvalue weighted by atomic mass is 15.1. The summed E-state index contributed by atoms with van der Waals surface area (Å²) in [5, 5.41) is 3.59. The zero-order chi connectivity index (χ0) is 11.2. The second-order valence-corrected chi connectivity index (χ2v) is 4.92. The molecule has 2 unspecified atom stereocenters. The maximum absolute atomic E-state index is 3.59. The standard InChI is InChI=1S/C15H23N/c1-2-3-4-8-11-14-15(16-14)12-13-9-6-5-7-10-13/h5-7,9-10,14-16H,2-4,8,11-12H2,1H3. The van der Waals surface area contributed by atoms with Crippen LogP contribution in [0.5, 0.6) is 0 Å². The molecule has 0 amide bonds. The lowest BCUT2D eigenvalue weighted by Crippen LogP contribution is -1.98. The minimum absolute atomic E-state index is 0.754. The van der Waals surface area contributed by atoms with E-state index < -0.39 is 0 Å². The highest BCUT2D eigenvalue weighted by molar-refractivity contribution is 5.18. The van der Waals surface area contributed by atoms with Crippen molar-refractivity contribution >= 4 is 0 Å². The minimum atomic E-state index is 0.754. The summed E-state index contributed by atoms with van der Waals surface area (Å²) in [6.07, 6.45) is 8.13. The fourth-order valence-corrected chi connectivity index (χ4v) is 2.36. The van der Waals surface area contributed by atoms with Crippen molar-refractivity contribution < 1.29 is 0 Å². The fourth-order valence-electron chi connectivity index (χ4n) is 2.36. The van der Waals surface area contributed by atoms with Crippen LogP contribution in [0.3, 0.4) is 0 Å². The normalized spacial score (nSPS) is 23.3. The van der Waals surface area contributed by atoms with Crippen LogP contribution in [0.2, 0.25) is 0 Å². The van der Waals surface area contributed by atoms with E-state index in [1.165, 1.54) is 44.1 Å². The molecule has 1 N–H and O–H groups in total.